The largest absolute Gasteiger partial charge is 0.507 e. The molecule has 0 saturated heterocycles. The molecule has 3 rings (SSSR count). The Hall–Kier alpha value is -1.44. The van der Waals surface area contributed by atoms with E-state index in [2.05, 4.69) is 20.8 Å². The van der Waals surface area contributed by atoms with Crippen LogP contribution in [0.4, 0.5) is 0 Å². The molecule has 1 aliphatic heterocycles. The number of phenolic OH excluding ortho intramolecular Hbond substituents is 1. The van der Waals surface area contributed by atoms with Crippen LogP contribution >= 0.6 is 0 Å². The van der Waals surface area contributed by atoms with Crippen LogP contribution in [0.15, 0.2) is 23.8 Å². The highest BCUT2D eigenvalue weighted by Gasteiger charge is 2.38. The summed E-state index contributed by atoms with van der Waals surface area (Å²) in [7, 11) is 0. The van der Waals surface area contributed by atoms with Crippen LogP contribution < -0.4 is 4.74 Å². The second-order valence-electron chi connectivity index (χ2n) is 6.07. The SMILES string of the molecule is CC1CCC2=C(C1)c1c(O)cccc1OC2(C)C. The van der Waals surface area contributed by atoms with Gasteiger partial charge in [0.1, 0.15) is 17.1 Å². The van der Waals surface area contributed by atoms with Crippen molar-refractivity contribution < 1.29 is 9.84 Å². The highest BCUT2D eigenvalue weighted by molar-refractivity contribution is 5.80. The number of allylic oxidation sites excluding steroid dienone is 1. The molecule has 0 saturated carbocycles. The van der Waals surface area contributed by atoms with E-state index in [1.807, 2.05) is 12.1 Å². The third-order valence-electron chi connectivity index (χ3n) is 4.20. The summed E-state index contributed by atoms with van der Waals surface area (Å²) in [6, 6.07) is 5.56. The number of benzene rings is 1. The zero-order valence-corrected chi connectivity index (χ0v) is 11.3. The van der Waals surface area contributed by atoms with E-state index in [0.29, 0.717) is 11.7 Å². The van der Waals surface area contributed by atoms with Gasteiger partial charge in [0.15, 0.2) is 0 Å². The van der Waals surface area contributed by atoms with Crippen LogP contribution in [0.2, 0.25) is 0 Å². The summed E-state index contributed by atoms with van der Waals surface area (Å²) < 4.78 is 6.09. The lowest BCUT2D eigenvalue weighted by Gasteiger charge is -2.40. The molecule has 1 aliphatic carbocycles. The second-order valence-corrected chi connectivity index (χ2v) is 6.07. The lowest BCUT2D eigenvalue weighted by molar-refractivity contribution is 0.135. The van der Waals surface area contributed by atoms with Gasteiger partial charge in [-0.2, -0.15) is 0 Å². The number of phenols is 1. The molecule has 0 spiro atoms. The molecule has 1 atom stereocenters. The van der Waals surface area contributed by atoms with E-state index in [9.17, 15) is 5.11 Å². The van der Waals surface area contributed by atoms with Crippen LogP contribution in [0.25, 0.3) is 5.57 Å². The Morgan fingerprint density at radius 1 is 1.33 bits per heavy atom. The minimum absolute atomic E-state index is 0.240. The summed E-state index contributed by atoms with van der Waals surface area (Å²) in [5.74, 6) is 1.86. The quantitative estimate of drug-likeness (QED) is 0.743. The first-order valence-corrected chi connectivity index (χ1v) is 6.73. The summed E-state index contributed by atoms with van der Waals surface area (Å²) in [6.45, 7) is 6.54. The highest BCUT2D eigenvalue weighted by Crippen LogP contribution is 2.50. The van der Waals surface area contributed by atoms with Crippen molar-refractivity contribution in [3.63, 3.8) is 0 Å². The zero-order chi connectivity index (χ0) is 12.9. The number of fused-ring (bicyclic) bond motifs is 2. The van der Waals surface area contributed by atoms with Crippen LogP contribution in [0.5, 0.6) is 11.5 Å². The van der Waals surface area contributed by atoms with Gasteiger partial charge < -0.3 is 9.84 Å². The van der Waals surface area contributed by atoms with Gasteiger partial charge in [-0.3, -0.25) is 0 Å². The average molecular weight is 244 g/mol. The van der Waals surface area contributed by atoms with Gasteiger partial charge in [0.2, 0.25) is 0 Å². The summed E-state index contributed by atoms with van der Waals surface area (Å²) in [5.41, 5.74) is 3.38. The van der Waals surface area contributed by atoms with Crippen molar-refractivity contribution in [2.75, 3.05) is 0 Å². The number of hydrogen-bond acceptors (Lipinski definition) is 2. The van der Waals surface area contributed by atoms with Gasteiger partial charge in [-0.25, -0.2) is 0 Å². The van der Waals surface area contributed by atoms with Gasteiger partial charge in [-0.05, 0) is 62.3 Å². The fourth-order valence-electron chi connectivity index (χ4n) is 3.28. The fraction of sp³-hybridized carbons (Fsp3) is 0.500. The van der Waals surface area contributed by atoms with Gasteiger partial charge in [-0.1, -0.05) is 13.0 Å². The number of hydrogen-bond donors (Lipinski definition) is 1. The van der Waals surface area contributed by atoms with Crippen LogP contribution in [-0.4, -0.2) is 10.7 Å². The minimum atomic E-state index is -0.240. The Labute approximate surface area is 108 Å². The zero-order valence-electron chi connectivity index (χ0n) is 11.3. The first-order chi connectivity index (χ1) is 8.49. The molecule has 1 aromatic rings. The molecule has 0 radical (unpaired) electrons. The van der Waals surface area contributed by atoms with Gasteiger partial charge in [0.05, 0.1) is 5.56 Å². The summed E-state index contributed by atoms with van der Waals surface area (Å²) >= 11 is 0. The Morgan fingerprint density at radius 2 is 2.11 bits per heavy atom. The Kier molecular flexibility index (Phi) is 2.44. The molecule has 96 valence electrons. The fourth-order valence-corrected chi connectivity index (χ4v) is 3.28. The molecule has 1 N–H and O–H groups in total. The maximum Gasteiger partial charge on any atom is 0.131 e. The Morgan fingerprint density at radius 3 is 2.89 bits per heavy atom. The van der Waals surface area contributed by atoms with Crippen LogP contribution in [-0.2, 0) is 0 Å². The van der Waals surface area contributed by atoms with Crippen molar-refractivity contribution in [1.29, 1.82) is 0 Å². The first-order valence-electron chi connectivity index (χ1n) is 6.73. The lowest BCUT2D eigenvalue weighted by atomic mass is 9.74. The maximum absolute atomic E-state index is 10.1. The van der Waals surface area contributed by atoms with Gasteiger partial charge in [0.25, 0.3) is 0 Å². The van der Waals surface area contributed by atoms with E-state index in [1.165, 1.54) is 17.6 Å². The molecule has 1 heterocycles. The van der Waals surface area contributed by atoms with Crippen LogP contribution in [0.3, 0.4) is 0 Å². The van der Waals surface area contributed by atoms with E-state index < -0.39 is 0 Å². The molecular weight excluding hydrogens is 224 g/mol. The number of aromatic hydroxyl groups is 1. The number of rotatable bonds is 0. The van der Waals surface area contributed by atoms with Crippen molar-refractivity contribution in [2.45, 2.75) is 45.6 Å². The monoisotopic (exact) mass is 244 g/mol. The standard InChI is InChI=1S/C16H20O2/c1-10-7-8-12-11(9-10)15-13(17)5-4-6-14(15)18-16(12,2)3/h4-6,10,17H,7-9H2,1-3H3. The minimum Gasteiger partial charge on any atom is -0.507 e. The van der Waals surface area contributed by atoms with E-state index in [0.717, 1.165) is 24.2 Å². The Balaban J connectivity index is 2.23. The molecule has 2 nitrogen and oxygen atoms in total. The molecular formula is C16H20O2. The van der Waals surface area contributed by atoms with Crippen molar-refractivity contribution >= 4 is 5.57 Å². The van der Waals surface area contributed by atoms with Gasteiger partial charge in [-0.15, -0.1) is 0 Å². The molecule has 0 bridgehead atoms. The predicted octanol–water partition coefficient (Wildman–Crippen LogP) is 4.14. The van der Waals surface area contributed by atoms with Gasteiger partial charge >= 0.3 is 0 Å². The molecule has 2 aliphatic rings. The topological polar surface area (TPSA) is 29.5 Å². The molecule has 0 fully saturated rings. The molecule has 18 heavy (non-hydrogen) atoms. The number of ether oxygens (including phenoxy) is 1. The highest BCUT2D eigenvalue weighted by atomic mass is 16.5. The average Bonchev–Trinajstić information content (AvgIpc) is 2.27. The summed E-state index contributed by atoms with van der Waals surface area (Å²) in [6.07, 6.45) is 3.35. The van der Waals surface area contributed by atoms with Crippen molar-refractivity contribution in [2.24, 2.45) is 5.92 Å². The lowest BCUT2D eigenvalue weighted by Crippen LogP contribution is -2.36. The van der Waals surface area contributed by atoms with E-state index >= 15 is 0 Å². The molecule has 1 unspecified atom stereocenters. The van der Waals surface area contributed by atoms with Crippen molar-refractivity contribution in [3.8, 4) is 11.5 Å². The van der Waals surface area contributed by atoms with Crippen LogP contribution in [0.1, 0.15) is 45.6 Å². The first kappa shape index (κ1) is 11.6. The van der Waals surface area contributed by atoms with Gasteiger partial charge in [0, 0.05) is 0 Å². The van der Waals surface area contributed by atoms with E-state index in [-0.39, 0.29) is 5.60 Å². The summed E-state index contributed by atoms with van der Waals surface area (Å²) in [4.78, 5) is 0. The second kappa shape index (κ2) is 3.78. The molecule has 2 heteroatoms. The third-order valence-corrected chi connectivity index (χ3v) is 4.20. The van der Waals surface area contributed by atoms with E-state index in [4.69, 9.17) is 4.74 Å². The smallest absolute Gasteiger partial charge is 0.131 e. The van der Waals surface area contributed by atoms with Crippen LogP contribution in [0, 0.1) is 5.92 Å². The Bertz CT molecular complexity index is 526. The summed E-state index contributed by atoms with van der Waals surface area (Å²) in [5, 5.41) is 10.1. The molecule has 0 aromatic heterocycles. The normalized spacial score (nSPS) is 25.2. The van der Waals surface area contributed by atoms with Crippen molar-refractivity contribution in [3.05, 3.63) is 29.3 Å². The van der Waals surface area contributed by atoms with E-state index in [1.54, 1.807) is 6.07 Å². The molecule has 0 amide bonds. The maximum atomic E-state index is 10.1. The predicted molar refractivity (Wildman–Crippen MR) is 72.7 cm³/mol. The molecule has 1 aromatic carbocycles. The van der Waals surface area contributed by atoms with Crippen molar-refractivity contribution in [1.82, 2.24) is 0 Å². The third kappa shape index (κ3) is 1.63.